The second-order valence-electron chi connectivity index (χ2n) is 17.6. The number of hydrogen-bond donors (Lipinski definition) is 3. The van der Waals surface area contributed by atoms with Gasteiger partial charge in [0.05, 0.1) is 6.10 Å². The van der Waals surface area contributed by atoms with Crippen LogP contribution in [0.1, 0.15) is 92.9 Å². The third kappa shape index (κ3) is 11.1. The van der Waals surface area contributed by atoms with Crippen molar-refractivity contribution < 1.29 is 19.1 Å². The Morgan fingerprint density at radius 3 is 1.18 bits per heavy atom. The van der Waals surface area contributed by atoms with Crippen LogP contribution in [0.3, 0.4) is 0 Å². The molecule has 0 aromatic heterocycles. The van der Waals surface area contributed by atoms with Crippen LogP contribution < -0.4 is 32.2 Å². The highest BCUT2D eigenvalue weighted by Gasteiger charge is 2.52. The largest absolute Gasteiger partial charge is 0.404 e. The van der Waals surface area contributed by atoms with Gasteiger partial charge in [0.1, 0.15) is 8.07 Å². The number of halogens is 1. The summed E-state index contributed by atoms with van der Waals surface area (Å²) in [7, 11) is -4.24. The van der Waals surface area contributed by atoms with Gasteiger partial charge >= 0.3 is 0 Å². The number of hydrogen-bond acceptors (Lipinski definition) is 4. The number of aliphatic hydroxyl groups is 1. The van der Waals surface area contributed by atoms with Gasteiger partial charge in [-0.05, 0) is 71.8 Å². The molecule has 2 amide bonds. The maximum absolute atomic E-state index is 11.5. The molecular formula is C47H65IN2O4Si2. The van der Waals surface area contributed by atoms with Crippen molar-refractivity contribution in [3.05, 3.63) is 121 Å². The second kappa shape index (κ2) is 20.5. The minimum absolute atomic E-state index is 0.00371. The molecule has 4 aromatic carbocycles. The van der Waals surface area contributed by atoms with Gasteiger partial charge in [-0.3, -0.25) is 9.59 Å². The van der Waals surface area contributed by atoms with Crippen LogP contribution in [-0.2, 0) is 14.0 Å². The van der Waals surface area contributed by atoms with Crippen LogP contribution in [0.5, 0.6) is 0 Å². The highest BCUT2D eigenvalue weighted by Crippen LogP contribution is 2.40. The maximum atomic E-state index is 11.5. The molecule has 0 spiro atoms. The van der Waals surface area contributed by atoms with Crippen molar-refractivity contribution in [3.8, 4) is 0 Å². The van der Waals surface area contributed by atoms with Crippen LogP contribution in [-0.4, -0.2) is 49.6 Å². The van der Waals surface area contributed by atoms with E-state index in [2.05, 4.69) is 185 Å². The highest BCUT2D eigenvalue weighted by molar-refractivity contribution is 14.1. The molecule has 6 rings (SSSR count). The summed E-state index contributed by atoms with van der Waals surface area (Å²) in [5.74, 6) is -0.363. The first-order chi connectivity index (χ1) is 26.6. The predicted molar refractivity (Wildman–Crippen MR) is 247 cm³/mol. The SMILES string of the molecule is CC(C)(C)[Si](CI)(c1ccccc1)c1ccccc1.CC(C)(C)[Si](OC1CCC(C(N)=O)CC1)(c1ccccc1)c1ccccc1.NC(=O)C1CCC(O)CC1. The number of nitrogens with two attached hydrogens (primary N) is 2. The van der Waals surface area contributed by atoms with Crippen LogP contribution >= 0.6 is 22.6 Å². The molecule has 2 saturated carbocycles. The van der Waals surface area contributed by atoms with Crippen molar-refractivity contribution in [2.24, 2.45) is 23.3 Å². The lowest BCUT2D eigenvalue weighted by atomic mass is 9.87. The predicted octanol–water partition coefficient (Wildman–Crippen LogP) is 7.65. The fraction of sp³-hybridized carbons (Fsp3) is 0.447. The van der Waals surface area contributed by atoms with Crippen LogP contribution in [0, 0.1) is 11.8 Å². The van der Waals surface area contributed by atoms with Gasteiger partial charge in [0.15, 0.2) is 0 Å². The summed E-state index contributed by atoms with van der Waals surface area (Å²) >= 11 is 2.60. The van der Waals surface area contributed by atoms with E-state index in [0.717, 1.165) is 51.4 Å². The summed E-state index contributed by atoms with van der Waals surface area (Å²) < 4.78 is 8.34. The molecule has 6 nitrogen and oxygen atoms in total. The van der Waals surface area contributed by atoms with Gasteiger partial charge in [0.25, 0.3) is 8.32 Å². The Balaban J connectivity index is 0.000000207. The van der Waals surface area contributed by atoms with Crippen molar-refractivity contribution in [2.45, 2.75) is 115 Å². The molecule has 2 fully saturated rings. The average Bonchev–Trinajstić information content (AvgIpc) is 3.19. The van der Waals surface area contributed by atoms with Gasteiger partial charge in [0, 0.05) is 22.0 Å². The van der Waals surface area contributed by atoms with Gasteiger partial charge < -0.3 is 21.0 Å². The zero-order valence-electron chi connectivity index (χ0n) is 34.4. The van der Waals surface area contributed by atoms with E-state index >= 15 is 0 Å². The fourth-order valence-corrected chi connectivity index (χ4v) is 23.7. The normalized spacial score (nSPS) is 20.4. The highest BCUT2D eigenvalue weighted by atomic mass is 127. The molecule has 0 aliphatic heterocycles. The molecule has 2 aliphatic carbocycles. The molecule has 302 valence electrons. The minimum Gasteiger partial charge on any atom is -0.404 e. The summed E-state index contributed by atoms with van der Waals surface area (Å²) in [6.45, 7) is 14.1. The summed E-state index contributed by atoms with van der Waals surface area (Å²) in [4.78, 5) is 22.1. The number of carbonyl (C=O) groups is 2. The standard InChI is InChI=1S/C23H31NO2Si.C17H21ISi.C7H13NO2/c1-23(2,3)27(20-10-6-4-7-11-20,21-12-8-5-9-13-21)26-19-16-14-18(15-17-19)22(24)25;1-17(2,3)19(14-18,15-10-6-4-7-11-15)16-12-8-5-9-13-16;8-7(10)5-1-3-6(9)4-2-5/h4-13,18-19H,14-17H2,1-3H3,(H2,24,25);4-13H,14H2,1-3H3;5-6,9H,1-4H2,(H2,8,10). The van der Waals surface area contributed by atoms with Crippen molar-refractivity contribution >= 4 is 71.5 Å². The number of rotatable bonds is 9. The Bertz CT molecular complexity index is 1690. The Kier molecular flexibility index (Phi) is 16.7. The molecule has 9 heteroatoms. The molecule has 4 aromatic rings. The van der Waals surface area contributed by atoms with E-state index in [4.69, 9.17) is 21.0 Å². The van der Waals surface area contributed by atoms with Crippen LogP contribution in [0.4, 0.5) is 0 Å². The molecule has 0 saturated heterocycles. The van der Waals surface area contributed by atoms with Crippen molar-refractivity contribution in [1.29, 1.82) is 0 Å². The lowest BCUT2D eigenvalue weighted by Crippen LogP contribution is -2.67. The first-order valence-corrected chi connectivity index (χ1v) is 25.9. The summed E-state index contributed by atoms with van der Waals surface area (Å²) in [5.41, 5.74) is 10.6. The molecule has 0 heterocycles. The number of benzene rings is 4. The summed E-state index contributed by atoms with van der Waals surface area (Å²) in [6, 6.07) is 43.7. The number of carbonyl (C=O) groups excluding carboxylic acids is 2. The molecule has 5 N–H and O–H groups in total. The number of primary amides is 2. The monoisotopic (exact) mass is 904 g/mol. The van der Waals surface area contributed by atoms with Crippen LogP contribution in [0.15, 0.2) is 121 Å². The summed E-state index contributed by atoms with van der Waals surface area (Å²) in [6.07, 6.45) is 6.42. The third-order valence-electron chi connectivity index (χ3n) is 11.9. The Hall–Kier alpha value is -3.10. The van der Waals surface area contributed by atoms with Crippen molar-refractivity contribution in [1.82, 2.24) is 0 Å². The van der Waals surface area contributed by atoms with Gasteiger partial charge in [-0.1, -0.05) is 196 Å². The van der Waals surface area contributed by atoms with E-state index in [-0.39, 0.29) is 40.9 Å². The van der Waals surface area contributed by atoms with Crippen molar-refractivity contribution in [3.63, 3.8) is 0 Å². The minimum atomic E-state index is -2.50. The third-order valence-corrected chi connectivity index (χ3v) is 26.1. The number of amides is 2. The van der Waals surface area contributed by atoms with Gasteiger partial charge in [-0.2, -0.15) is 0 Å². The van der Waals surface area contributed by atoms with Gasteiger partial charge in [-0.25, -0.2) is 0 Å². The van der Waals surface area contributed by atoms with Crippen LogP contribution in [0.25, 0.3) is 0 Å². The van der Waals surface area contributed by atoms with Crippen LogP contribution in [0.2, 0.25) is 10.1 Å². The molecule has 0 radical (unpaired) electrons. The average molecular weight is 905 g/mol. The van der Waals surface area contributed by atoms with E-state index in [9.17, 15) is 9.59 Å². The quantitative estimate of drug-likeness (QED) is 0.0910. The first-order valence-electron chi connectivity index (χ1n) is 20.3. The Labute approximate surface area is 352 Å². The molecule has 56 heavy (non-hydrogen) atoms. The molecule has 0 bridgehead atoms. The second-order valence-corrected chi connectivity index (χ2v) is 28.9. The van der Waals surface area contributed by atoms with Crippen molar-refractivity contribution in [2.75, 3.05) is 4.05 Å². The number of alkyl halides is 1. The lowest BCUT2D eigenvalue weighted by molar-refractivity contribution is -0.124. The van der Waals surface area contributed by atoms with Gasteiger partial charge in [-0.15, -0.1) is 0 Å². The molecule has 2 aliphatic rings. The fourth-order valence-electron chi connectivity index (χ4n) is 8.60. The summed E-state index contributed by atoms with van der Waals surface area (Å²) in [5, 5.41) is 15.0. The smallest absolute Gasteiger partial charge is 0.261 e. The molecule has 0 atom stereocenters. The Morgan fingerprint density at radius 2 is 0.893 bits per heavy atom. The Morgan fingerprint density at radius 1 is 0.571 bits per heavy atom. The molecule has 0 unspecified atom stereocenters. The molecular weight excluding hydrogens is 840 g/mol. The van der Waals surface area contributed by atoms with E-state index < -0.39 is 16.4 Å². The zero-order chi connectivity index (χ0) is 41.0. The topological polar surface area (TPSA) is 116 Å². The van der Waals surface area contributed by atoms with E-state index in [1.807, 2.05) is 0 Å². The first kappa shape index (κ1) is 45.6. The van der Waals surface area contributed by atoms with Gasteiger partial charge in [0.2, 0.25) is 11.8 Å². The lowest BCUT2D eigenvalue weighted by Gasteiger charge is -2.46. The van der Waals surface area contributed by atoms with E-state index in [1.54, 1.807) is 10.4 Å². The zero-order valence-corrected chi connectivity index (χ0v) is 38.6. The number of aliphatic hydroxyl groups excluding tert-OH is 1. The van der Waals surface area contributed by atoms with E-state index in [1.165, 1.54) is 14.4 Å². The van der Waals surface area contributed by atoms with E-state index in [0.29, 0.717) is 5.04 Å². The maximum Gasteiger partial charge on any atom is 0.261 e.